The van der Waals surface area contributed by atoms with E-state index in [2.05, 4.69) is 36.6 Å². The third kappa shape index (κ3) is 2.96. The Morgan fingerprint density at radius 2 is 2.17 bits per heavy atom. The van der Waals surface area contributed by atoms with Crippen molar-refractivity contribution in [1.82, 2.24) is 5.32 Å². The molecule has 2 N–H and O–H groups in total. The Morgan fingerprint density at radius 3 is 2.83 bits per heavy atom. The highest BCUT2D eigenvalue weighted by atomic mass is 16.5. The van der Waals surface area contributed by atoms with E-state index in [1.54, 1.807) is 7.11 Å². The van der Waals surface area contributed by atoms with Crippen LogP contribution >= 0.6 is 0 Å². The molecule has 100 valence electrons. The van der Waals surface area contributed by atoms with E-state index in [1.807, 2.05) is 0 Å². The molecule has 18 heavy (non-hydrogen) atoms. The van der Waals surface area contributed by atoms with Gasteiger partial charge in [0.1, 0.15) is 5.75 Å². The molecule has 2 rings (SSSR count). The van der Waals surface area contributed by atoms with E-state index in [1.165, 1.54) is 36.1 Å². The first-order chi connectivity index (χ1) is 8.72. The lowest BCUT2D eigenvalue weighted by molar-refractivity contribution is 0.407. The van der Waals surface area contributed by atoms with Crippen LogP contribution in [0.1, 0.15) is 30.4 Å². The van der Waals surface area contributed by atoms with Crippen molar-refractivity contribution in [3.8, 4) is 5.75 Å². The summed E-state index contributed by atoms with van der Waals surface area (Å²) in [5.41, 5.74) is 3.58. The van der Waals surface area contributed by atoms with Gasteiger partial charge in [0, 0.05) is 23.8 Å². The molecule has 1 heterocycles. The van der Waals surface area contributed by atoms with Gasteiger partial charge in [-0.1, -0.05) is 12.5 Å². The fourth-order valence-electron chi connectivity index (χ4n) is 2.66. The first kappa shape index (κ1) is 13.2. The maximum absolute atomic E-state index is 5.45. The van der Waals surface area contributed by atoms with Gasteiger partial charge in [0.2, 0.25) is 0 Å². The van der Waals surface area contributed by atoms with Gasteiger partial charge in [-0.25, -0.2) is 0 Å². The lowest BCUT2D eigenvalue weighted by Crippen LogP contribution is -2.39. The summed E-state index contributed by atoms with van der Waals surface area (Å²) >= 11 is 0. The monoisotopic (exact) mass is 248 g/mol. The fourth-order valence-corrected chi connectivity index (χ4v) is 2.66. The topological polar surface area (TPSA) is 33.3 Å². The average molecular weight is 248 g/mol. The Bertz CT molecular complexity index is 398. The second-order valence-electron chi connectivity index (χ2n) is 5.12. The molecule has 0 bridgehead atoms. The number of piperidine rings is 1. The van der Waals surface area contributed by atoms with Gasteiger partial charge in [-0.15, -0.1) is 0 Å². The van der Waals surface area contributed by atoms with Crippen molar-refractivity contribution in [2.45, 2.75) is 39.2 Å². The number of aryl methyl sites for hydroxylation is 1. The molecule has 1 aliphatic rings. The molecular formula is C15H24N2O. The van der Waals surface area contributed by atoms with E-state index < -0.39 is 0 Å². The molecule has 1 unspecified atom stereocenters. The predicted octanol–water partition coefficient (Wildman–Crippen LogP) is 2.87. The summed E-state index contributed by atoms with van der Waals surface area (Å²) in [5.74, 6) is 0.997. The molecule has 1 atom stereocenters. The first-order valence-corrected chi connectivity index (χ1v) is 6.84. The summed E-state index contributed by atoms with van der Waals surface area (Å²) in [6, 6.07) is 4.86. The van der Waals surface area contributed by atoms with Crippen LogP contribution in [0.25, 0.3) is 0 Å². The van der Waals surface area contributed by atoms with Gasteiger partial charge >= 0.3 is 0 Å². The van der Waals surface area contributed by atoms with Crippen LogP contribution in [0.15, 0.2) is 12.1 Å². The molecule has 0 aliphatic carbocycles. The Balaban J connectivity index is 2.00. The lowest BCUT2D eigenvalue weighted by atomic mass is 10.0. The van der Waals surface area contributed by atoms with Crippen LogP contribution in [0.4, 0.5) is 5.69 Å². The number of nitrogens with one attached hydrogen (secondary N) is 2. The van der Waals surface area contributed by atoms with Crippen molar-refractivity contribution in [2.75, 3.05) is 25.5 Å². The minimum absolute atomic E-state index is 0.602. The maximum Gasteiger partial charge on any atom is 0.126 e. The van der Waals surface area contributed by atoms with Gasteiger partial charge in [0.15, 0.2) is 0 Å². The Labute approximate surface area is 110 Å². The van der Waals surface area contributed by atoms with E-state index in [9.17, 15) is 0 Å². The number of benzene rings is 1. The zero-order valence-corrected chi connectivity index (χ0v) is 11.7. The average Bonchev–Trinajstić information content (AvgIpc) is 2.40. The van der Waals surface area contributed by atoms with Crippen molar-refractivity contribution in [2.24, 2.45) is 0 Å². The van der Waals surface area contributed by atoms with Gasteiger partial charge in [0.25, 0.3) is 0 Å². The van der Waals surface area contributed by atoms with Gasteiger partial charge in [-0.05, 0) is 44.9 Å². The second-order valence-corrected chi connectivity index (χ2v) is 5.12. The summed E-state index contributed by atoms with van der Waals surface area (Å²) in [6.45, 7) is 6.34. The minimum atomic E-state index is 0.602. The zero-order valence-electron chi connectivity index (χ0n) is 11.7. The third-order valence-corrected chi connectivity index (χ3v) is 3.76. The van der Waals surface area contributed by atoms with Gasteiger partial charge in [0.05, 0.1) is 7.11 Å². The second kappa shape index (κ2) is 6.10. The molecular weight excluding hydrogens is 224 g/mol. The standard InChI is InChI=1S/C15H24N2O/c1-11-7-8-14(12(2)15(11)18-3)17-10-13-6-4-5-9-16-13/h7-8,13,16-17H,4-6,9-10H2,1-3H3. The van der Waals surface area contributed by atoms with Crippen LogP contribution < -0.4 is 15.4 Å². The molecule has 1 fully saturated rings. The summed E-state index contributed by atoms with van der Waals surface area (Å²) in [7, 11) is 1.74. The van der Waals surface area contributed by atoms with E-state index >= 15 is 0 Å². The molecule has 1 saturated heterocycles. The number of methoxy groups -OCH3 is 1. The van der Waals surface area contributed by atoms with Crippen molar-refractivity contribution in [3.63, 3.8) is 0 Å². The Hall–Kier alpha value is -1.22. The minimum Gasteiger partial charge on any atom is -0.496 e. The smallest absolute Gasteiger partial charge is 0.126 e. The number of hydrogen-bond donors (Lipinski definition) is 2. The van der Waals surface area contributed by atoms with E-state index in [0.717, 1.165) is 18.8 Å². The van der Waals surface area contributed by atoms with Crippen LogP contribution in [0.3, 0.4) is 0 Å². The molecule has 0 aromatic heterocycles. The quantitative estimate of drug-likeness (QED) is 0.859. The number of ether oxygens (including phenoxy) is 1. The highest BCUT2D eigenvalue weighted by Gasteiger charge is 2.13. The molecule has 3 nitrogen and oxygen atoms in total. The van der Waals surface area contributed by atoms with Crippen molar-refractivity contribution >= 4 is 5.69 Å². The van der Waals surface area contributed by atoms with E-state index in [0.29, 0.717) is 6.04 Å². The summed E-state index contributed by atoms with van der Waals surface area (Å²) < 4.78 is 5.45. The number of hydrogen-bond acceptors (Lipinski definition) is 3. The molecule has 0 saturated carbocycles. The highest BCUT2D eigenvalue weighted by Crippen LogP contribution is 2.29. The normalized spacial score (nSPS) is 19.6. The van der Waals surface area contributed by atoms with Gasteiger partial charge < -0.3 is 15.4 Å². The van der Waals surface area contributed by atoms with E-state index in [-0.39, 0.29) is 0 Å². The van der Waals surface area contributed by atoms with Crippen LogP contribution in [0.5, 0.6) is 5.75 Å². The largest absolute Gasteiger partial charge is 0.496 e. The Morgan fingerprint density at radius 1 is 1.33 bits per heavy atom. The van der Waals surface area contributed by atoms with Crippen LogP contribution in [-0.2, 0) is 0 Å². The van der Waals surface area contributed by atoms with Crippen molar-refractivity contribution in [3.05, 3.63) is 23.3 Å². The maximum atomic E-state index is 5.45. The first-order valence-electron chi connectivity index (χ1n) is 6.84. The molecule has 0 radical (unpaired) electrons. The molecule has 0 amide bonds. The lowest BCUT2D eigenvalue weighted by Gasteiger charge is -2.25. The molecule has 1 aromatic carbocycles. The summed E-state index contributed by atoms with van der Waals surface area (Å²) in [4.78, 5) is 0. The van der Waals surface area contributed by atoms with Crippen molar-refractivity contribution in [1.29, 1.82) is 0 Å². The number of anilines is 1. The van der Waals surface area contributed by atoms with E-state index in [4.69, 9.17) is 4.74 Å². The van der Waals surface area contributed by atoms with Crippen LogP contribution in [0.2, 0.25) is 0 Å². The van der Waals surface area contributed by atoms with Gasteiger partial charge in [-0.2, -0.15) is 0 Å². The predicted molar refractivity (Wildman–Crippen MR) is 76.6 cm³/mol. The molecule has 1 aromatic rings. The summed E-state index contributed by atoms with van der Waals surface area (Å²) in [5, 5.41) is 7.10. The zero-order chi connectivity index (χ0) is 13.0. The fraction of sp³-hybridized carbons (Fsp3) is 0.600. The molecule has 0 spiro atoms. The third-order valence-electron chi connectivity index (χ3n) is 3.76. The molecule has 3 heteroatoms. The van der Waals surface area contributed by atoms with Crippen LogP contribution in [-0.4, -0.2) is 26.2 Å². The highest BCUT2D eigenvalue weighted by molar-refractivity contribution is 5.59. The Kier molecular flexibility index (Phi) is 4.48. The summed E-state index contributed by atoms with van der Waals surface area (Å²) in [6.07, 6.45) is 3.93. The van der Waals surface area contributed by atoms with Gasteiger partial charge in [-0.3, -0.25) is 0 Å². The van der Waals surface area contributed by atoms with Crippen molar-refractivity contribution < 1.29 is 4.74 Å². The molecule has 1 aliphatic heterocycles. The van der Waals surface area contributed by atoms with Crippen LogP contribution in [0, 0.1) is 13.8 Å². The number of rotatable bonds is 4. The SMILES string of the molecule is COc1c(C)ccc(NCC2CCCCN2)c1C.